The van der Waals surface area contributed by atoms with E-state index in [1.807, 2.05) is 12.1 Å². The van der Waals surface area contributed by atoms with Crippen molar-refractivity contribution >= 4 is 17.0 Å². The maximum Gasteiger partial charge on any atom is 0.209 e. The van der Waals surface area contributed by atoms with Crippen LogP contribution in [0, 0.1) is 5.41 Å². The monoisotopic (exact) mass is 384 g/mol. The summed E-state index contributed by atoms with van der Waals surface area (Å²) in [7, 11) is 2.15. The number of fused-ring (bicyclic) bond motifs is 2. The molecule has 0 saturated heterocycles. The van der Waals surface area contributed by atoms with Crippen molar-refractivity contribution in [1.82, 2.24) is 0 Å². The summed E-state index contributed by atoms with van der Waals surface area (Å²) in [6.45, 7) is 11.1. The molecule has 0 spiro atoms. The standard InChI is InChI=1S/C27H30NO/c1-26(2,3)25-18-19(20-13-7-10-16-23(20)29-25)12-11-17-24-27(4,5)21-14-8-9-15-22(21)28(24)6/h7-18H,1-6H3/q+1/b17-11+,19-12-. The van der Waals surface area contributed by atoms with Crippen LogP contribution in [0.4, 0.5) is 5.69 Å². The molecule has 2 aliphatic heterocycles. The summed E-state index contributed by atoms with van der Waals surface area (Å²) < 4.78 is 8.49. The van der Waals surface area contributed by atoms with E-state index in [0.29, 0.717) is 0 Å². The highest BCUT2D eigenvalue weighted by Crippen LogP contribution is 2.40. The third-order valence-corrected chi connectivity index (χ3v) is 5.91. The number of rotatable bonds is 2. The third-order valence-electron chi connectivity index (χ3n) is 5.91. The average Bonchev–Trinajstić information content (AvgIpc) is 2.88. The Morgan fingerprint density at radius 1 is 0.966 bits per heavy atom. The van der Waals surface area contributed by atoms with Crippen LogP contribution in [0.3, 0.4) is 0 Å². The molecule has 0 radical (unpaired) electrons. The molecule has 0 aliphatic carbocycles. The van der Waals surface area contributed by atoms with E-state index in [9.17, 15) is 0 Å². The molecule has 0 N–H and O–H groups in total. The topological polar surface area (TPSA) is 12.2 Å². The number of ether oxygens (including phenoxy) is 1. The van der Waals surface area contributed by atoms with Crippen LogP contribution in [0.5, 0.6) is 5.75 Å². The van der Waals surface area contributed by atoms with E-state index in [-0.39, 0.29) is 10.8 Å². The van der Waals surface area contributed by atoms with Gasteiger partial charge in [0.15, 0.2) is 5.71 Å². The van der Waals surface area contributed by atoms with Crippen molar-refractivity contribution in [2.24, 2.45) is 5.41 Å². The number of hydrogen-bond acceptors (Lipinski definition) is 1. The summed E-state index contributed by atoms with van der Waals surface area (Å²) in [6.07, 6.45) is 8.80. The molecule has 0 aromatic heterocycles. The van der Waals surface area contributed by atoms with Gasteiger partial charge in [-0.3, -0.25) is 0 Å². The quantitative estimate of drug-likeness (QED) is 0.528. The normalized spacial score (nSPS) is 19.2. The van der Waals surface area contributed by atoms with Gasteiger partial charge in [0.05, 0.1) is 5.41 Å². The van der Waals surface area contributed by atoms with Gasteiger partial charge in [0.1, 0.15) is 18.6 Å². The molecule has 2 aliphatic rings. The Kier molecular flexibility index (Phi) is 4.61. The van der Waals surface area contributed by atoms with Crippen LogP contribution in [-0.4, -0.2) is 17.3 Å². The summed E-state index contributed by atoms with van der Waals surface area (Å²) in [5, 5.41) is 0. The zero-order chi connectivity index (χ0) is 20.8. The molecular formula is C27H30NO+. The van der Waals surface area contributed by atoms with Crippen LogP contribution in [0.2, 0.25) is 0 Å². The van der Waals surface area contributed by atoms with Crippen LogP contribution >= 0.6 is 0 Å². The maximum atomic E-state index is 6.18. The van der Waals surface area contributed by atoms with Gasteiger partial charge in [-0.1, -0.05) is 69.3 Å². The molecule has 2 nitrogen and oxygen atoms in total. The van der Waals surface area contributed by atoms with E-state index >= 15 is 0 Å². The highest BCUT2D eigenvalue weighted by Gasteiger charge is 2.42. The van der Waals surface area contributed by atoms with Gasteiger partial charge in [-0.15, -0.1) is 0 Å². The van der Waals surface area contributed by atoms with Gasteiger partial charge in [0.2, 0.25) is 5.69 Å². The van der Waals surface area contributed by atoms with Gasteiger partial charge in [-0.2, -0.15) is 4.58 Å². The molecule has 148 valence electrons. The van der Waals surface area contributed by atoms with E-state index in [2.05, 4.69) is 107 Å². The lowest BCUT2D eigenvalue weighted by Gasteiger charge is -2.28. The van der Waals surface area contributed by atoms with Crippen LogP contribution in [-0.2, 0) is 5.41 Å². The summed E-state index contributed by atoms with van der Waals surface area (Å²) in [5.41, 5.74) is 6.23. The molecule has 4 rings (SSSR count). The smallest absolute Gasteiger partial charge is 0.209 e. The molecular weight excluding hydrogens is 354 g/mol. The van der Waals surface area contributed by atoms with Crippen molar-refractivity contribution in [1.29, 1.82) is 0 Å². The summed E-state index contributed by atoms with van der Waals surface area (Å²) in [6, 6.07) is 16.9. The summed E-state index contributed by atoms with van der Waals surface area (Å²) >= 11 is 0. The van der Waals surface area contributed by atoms with E-state index in [4.69, 9.17) is 4.74 Å². The number of benzene rings is 2. The fourth-order valence-electron chi connectivity index (χ4n) is 4.21. The molecule has 2 aromatic rings. The first kappa shape index (κ1) is 19.4. The fraction of sp³-hybridized carbons (Fsp3) is 0.296. The molecule has 0 unspecified atom stereocenters. The Labute approximate surface area is 174 Å². The van der Waals surface area contributed by atoms with Crippen molar-refractivity contribution < 1.29 is 9.31 Å². The first-order valence-corrected chi connectivity index (χ1v) is 10.3. The molecule has 2 heteroatoms. The van der Waals surface area contributed by atoms with Crippen molar-refractivity contribution in [3.63, 3.8) is 0 Å². The Bertz CT molecular complexity index is 1090. The number of para-hydroxylation sites is 2. The van der Waals surface area contributed by atoms with Crippen molar-refractivity contribution in [2.45, 2.75) is 40.0 Å². The molecule has 0 fully saturated rings. The Balaban J connectivity index is 1.73. The largest absolute Gasteiger partial charge is 0.461 e. The lowest BCUT2D eigenvalue weighted by atomic mass is 9.81. The average molecular weight is 385 g/mol. The zero-order valence-corrected chi connectivity index (χ0v) is 18.3. The highest BCUT2D eigenvalue weighted by atomic mass is 16.5. The van der Waals surface area contributed by atoms with Gasteiger partial charge in [0, 0.05) is 28.7 Å². The lowest BCUT2D eigenvalue weighted by Crippen LogP contribution is -2.26. The summed E-state index contributed by atoms with van der Waals surface area (Å²) in [5.74, 6) is 1.92. The molecule has 0 amide bonds. The van der Waals surface area contributed by atoms with Gasteiger partial charge >= 0.3 is 0 Å². The van der Waals surface area contributed by atoms with Crippen LogP contribution in [0.25, 0.3) is 5.57 Å². The minimum atomic E-state index is -0.0413. The summed E-state index contributed by atoms with van der Waals surface area (Å²) in [4.78, 5) is 0. The van der Waals surface area contributed by atoms with Crippen LogP contribution in [0.1, 0.15) is 45.7 Å². The number of hydrogen-bond donors (Lipinski definition) is 0. The molecule has 2 aromatic carbocycles. The van der Waals surface area contributed by atoms with Gasteiger partial charge in [-0.25, -0.2) is 0 Å². The zero-order valence-electron chi connectivity index (χ0n) is 18.3. The van der Waals surface area contributed by atoms with Gasteiger partial charge in [0.25, 0.3) is 0 Å². The fourth-order valence-corrected chi connectivity index (χ4v) is 4.21. The molecule has 29 heavy (non-hydrogen) atoms. The van der Waals surface area contributed by atoms with E-state index < -0.39 is 0 Å². The second-order valence-corrected chi connectivity index (χ2v) is 9.42. The minimum Gasteiger partial charge on any atom is -0.461 e. The maximum absolute atomic E-state index is 6.18. The third kappa shape index (κ3) is 3.37. The van der Waals surface area contributed by atoms with Crippen LogP contribution in [0.15, 0.2) is 78.6 Å². The molecule has 0 saturated carbocycles. The first-order chi connectivity index (χ1) is 13.7. The second-order valence-electron chi connectivity index (χ2n) is 9.42. The number of allylic oxidation sites excluding steroid dienone is 6. The van der Waals surface area contributed by atoms with Crippen molar-refractivity contribution in [3.05, 3.63) is 89.7 Å². The van der Waals surface area contributed by atoms with E-state index in [1.54, 1.807) is 0 Å². The Morgan fingerprint density at radius 3 is 2.38 bits per heavy atom. The van der Waals surface area contributed by atoms with Crippen molar-refractivity contribution in [3.8, 4) is 5.75 Å². The molecule has 0 bridgehead atoms. The van der Waals surface area contributed by atoms with Crippen LogP contribution < -0.4 is 4.74 Å². The predicted molar refractivity (Wildman–Crippen MR) is 122 cm³/mol. The first-order valence-electron chi connectivity index (χ1n) is 10.3. The second kappa shape index (κ2) is 6.88. The minimum absolute atomic E-state index is 0.0135. The predicted octanol–water partition coefficient (Wildman–Crippen LogP) is 6.65. The highest BCUT2D eigenvalue weighted by molar-refractivity contribution is 6.03. The SMILES string of the molecule is C[N+]1=C(/C=C/C=C2/C=C(C(C)(C)C)Oc3ccccc32)C(C)(C)c2ccccc21. The van der Waals surface area contributed by atoms with Gasteiger partial charge < -0.3 is 4.74 Å². The number of nitrogens with zero attached hydrogens (tertiary/aromatic N) is 1. The lowest BCUT2D eigenvalue weighted by molar-refractivity contribution is -0.401. The van der Waals surface area contributed by atoms with Crippen molar-refractivity contribution in [2.75, 3.05) is 7.05 Å². The Morgan fingerprint density at radius 2 is 1.66 bits per heavy atom. The van der Waals surface area contributed by atoms with Gasteiger partial charge in [-0.05, 0) is 31.6 Å². The molecule has 0 atom stereocenters. The molecule has 2 heterocycles. The van der Waals surface area contributed by atoms with E-state index in [0.717, 1.165) is 17.1 Å². The van der Waals surface area contributed by atoms with E-state index in [1.165, 1.54) is 22.5 Å². The Hall–Kier alpha value is -2.87.